The molecular formula is C14H12BrClN2O. The van der Waals surface area contributed by atoms with E-state index in [0.717, 1.165) is 5.56 Å². The third-order valence-corrected chi connectivity index (χ3v) is 3.61. The van der Waals surface area contributed by atoms with Crippen LogP contribution < -0.4 is 11.1 Å². The summed E-state index contributed by atoms with van der Waals surface area (Å²) in [5.41, 5.74) is 8.46. The Balaban J connectivity index is 2.31. The number of carbonyl (C=O) groups excluding carboxylic acids is 1. The highest BCUT2D eigenvalue weighted by Crippen LogP contribution is 2.26. The van der Waals surface area contributed by atoms with Gasteiger partial charge in [0.05, 0.1) is 16.9 Å². The van der Waals surface area contributed by atoms with E-state index in [4.69, 9.17) is 17.3 Å². The molecule has 0 aromatic heterocycles. The summed E-state index contributed by atoms with van der Waals surface area (Å²) in [6.07, 6.45) is 0. The maximum atomic E-state index is 12.2. The van der Waals surface area contributed by atoms with Gasteiger partial charge in [-0.15, -0.1) is 0 Å². The number of amides is 1. The number of halogens is 2. The molecule has 19 heavy (non-hydrogen) atoms. The molecule has 2 aromatic carbocycles. The smallest absolute Gasteiger partial charge is 0.256 e. The Morgan fingerprint density at radius 3 is 2.68 bits per heavy atom. The van der Waals surface area contributed by atoms with E-state index in [0.29, 0.717) is 26.4 Å². The third-order valence-electron chi connectivity index (χ3n) is 2.72. The van der Waals surface area contributed by atoms with Crippen molar-refractivity contribution in [1.82, 2.24) is 0 Å². The van der Waals surface area contributed by atoms with Crippen LogP contribution in [0.15, 0.2) is 40.9 Å². The van der Waals surface area contributed by atoms with Crippen molar-refractivity contribution in [3.8, 4) is 0 Å². The Bertz CT molecular complexity index is 623. The molecule has 3 nitrogen and oxygen atoms in total. The first kappa shape index (κ1) is 13.9. The molecule has 0 radical (unpaired) electrons. The molecule has 3 N–H and O–H groups in total. The van der Waals surface area contributed by atoms with E-state index in [1.54, 1.807) is 24.3 Å². The number of aryl methyl sites for hydroxylation is 1. The maximum Gasteiger partial charge on any atom is 0.256 e. The van der Waals surface area contributed by atoms with Crippen LogP contribution >= 0.6 is 27.5 Å². The summed E-state index contributed by atoms with van der Waals surface area (Å²) in [6, 6.07) is 10.5. The van der Waals surface area contributed by atoms with Crippen LogP contribution in [-0.2, 0) is 0 Å². The van der Waals surface area contributed by atoms with Crippen LogP contribution in [0.4, 0.5) is 11.4 Å². The van der Waals surface area contributed by atoms with Gasteiger partial charge >= 0.3 is 0 Å². The fraction of sp³-hybridized carbons (Fsp3) is 0.0714. The van der Waals surface area contributed by atoms with Gasteiger partial charge in [-0.3, -0.25) is 4.79 Å². The molecule has 0 saturated carbocycles. The Morgan fingerprint density at radius 2 is 2.05 bits per heavy atom. The van der Waals surface area contributed by atoms with Crippen LogP contribution in [0.2, 0.25) is 5.02 Å². The molecule has 5 heteroatoms. The zero-order valence-electron chi connectivity index (χ0n) is 10.2. The fourth-order valence-corrected chi connectivity index (χ4v) is 2.58. The summed E-state index contributed by atoms with van der Waals surface area (Å²) in [6.45, 7) is 1.89. The van der Waals surface area contributed by atoms with Gasteiger partial charge in [-0.1, -0.05) is 23.7 Å². The molecule has 0 atom stereocenters. The van der Waals surface area contributed by atoms with Gasteiger partial charge in [0.25, 0.3) is 5.91 Å². The zero-order valence-corrected chi connectivity index (χ0v) is 12.5. The van der Waals surface area contributed by atoms with Gasteiger partial charge in [0, 0.05) is 9.50 Å². The van der Waals surface area contributed by atoms with Gasteiger partial charge in [0.1, 0.15) is 0 Å². The van der Waals surface area contributed by atoms with Gasteiger partial charge in [0.2, 0.25) is 0 Å². The van der Waals surface area contributed by atoms with E-state index in [1.807, 2.05) is 19.1 Å². The first-order chi connectivity index (χ1) is 8.99. The second-order valence-corrected chi connectivity index (χ2v) is 5.41. The van der Waals surface area contributed by atoms with E-state index in [1.165, 1.54) is 0 Å². The molecule has 0 bridgehead atoms. The lowest BCUT2D eigenvalue weighted by atomic mass is 10.1. The Kier molecular flexibility index (Phi) is 4.12. The molecule has 2 rings (SSSR count). The Morgan fingerprint density at radius 1 is 1.32 bits per heavy atom. The highest BCUT2D eigenvalue weighted by atomic mass is 79.9. The van der Waals surface area contributed by atoms with Crippen molar-refractivity contribution in [1.29, 1.82) is 0 Å². The molecule has 0 saturated heterocycles. The largest absolute Gasteiger partial charge is 0.397 e. The number of hydrogen-bond acceptors (Lipinski definition) is 2. The van der Waals surface area contributed by atoms with Crippen molar-refractivity contribution >= 4 is 44.8 Å². The lowest BCUT2D eigenvalue weighted by Crippen LogP contribution is -2.14. The predicted molar refractivity (Wildman–Crippen MR) is 82.7 cm³/mol. The normalized spacial score (nSPS) is 10.3. The second kappa shape index (κ2) is 5.63. The van der Waals surface area contributed by atoms with Gasteiger partial charge in [-0.05, 0) is 52.7 Å². The van der Waals surface area contributed by atoms with Crippen molar-refractivity contribution in [2.75, 3.05) is 11.1 Å². The van der Waals surface area contributed by atoms with Crippen molar-refractivity contribution in [3.63, 3.8) is 0 Å². The third kappa shape index (κ3) is 3.08. The maximum absolute atomic E-state index is 12.2. The van der Waals surface area contributed by atoms with Crippen LogP contribution in [-0.4, -0.2) is 5.91 Å². The number of carbonyl (C=O) groups is 1. The minimum atomic E-state index is -0.232. The molecule has 2 aromatic rings. The highest BCUT2D eigenvalue weighted by Gasteiger charge is 2.13. The molecule has 0 unspecified atom stereocenters. The number of para-hydroxylation sites is 1. The minimum absolute atomic E-state index is 0.232. The summed E-state index contributed by atoms with van der Waals surface area (Å²) < 4.78 is 0.643. The van der Waals surface area contributed by atoms with Gasteiger partial charge in [-0.25, -0.2) is 0 Å². The van der Waals surface area contributed by atoms with E-state index in [-0.39, 0.29) is 5.91 Å². The number of anilines is 2. The number of nitrogens with two attached hydrogens (primary N) is 1. The topological polar surface area (TPSA) is 55.1 Å². The lowest BCUT2D eigenvalue weighted by Gasteiger charge is -2.12. The van der Waals surface area contributed by atoms with Crippen molar-refractivity contribution < 1.29 is 4.79 Å². The Hall–Kier alpha value is -1.52. The molecule has 0 aliphatic rings. The Labute approximate surface area is 124 Å². The van der Waals surface area contributed by atoms with E-state index in [9.17, 15) is 4.79 Å². The molecule has 0 spiro atoms. The van der Waals surface area contributed by atoms with E-state index < -0.39 is 0 Å². The molecule has 1 amide bonds. The molecular weight excluding hydrogens is 328 g/mol. The van der Waals surface area contributed by atoms with Crippen LogP contribution in [0, 0.1) is 6.92 Å². The number of benzene rings is 2. The molecule has 0 heterocycles. The van der Waals surface area contributed by atoms with Gasteiger partial charge in [0.15, 0.2) is 0 Å². The van der Waals surface area contributed by atoms with E-state index >= 15 is 0 Å². The van der Waals surface area contributed by atoms with Crippen molar-refractivity contribution in [2.45, 2.75) is 6.92 Å². The fourth-order valence-electron chi connectivity index (χ4n) is 1.72. The van der Waals surface area contributed by atoms with Gasteiger partial charge < -0.3 is 11.1 Å². The van der Waals surface area contributed by atoms with Crippen LogP contribution in [0.5, 0.6) is 0 Å². The average Bonchev–Trinajstić information content (AvgIpc) is 2.33. The standard InChI is InChI=1S/C14H12BrClN2O/c1-8-3-2-4-12(17)13(8)18-14(19)10-6-5-9(16)7-11(10)15/h2-7H,17H2,1H3,(H,18,19). The average molecular weight is 340 g/mol. The number of nitrogen functional groups attached to an aromatic ring is 1. The molecule has 0 aliphatic carbocycles. The van der Waals surface area contributed by atoms with Gasteiger partial charge in [-0.2, -0.15) is 0 Å². The molecule has 0 aliphatic heterocycles. The first-order valence-electron chi connectivity index (χ1n) is 5.60. The second-order valence-electron chi connectivity index (χ2n) is 4.12. The van der Waals surface area contributed by atoms with Crippen LogP contribution in [0.1, 0.15) is 15.9 Å². The quantitative estimate of drug-likeness (QED) is 0.804. The number of rotatable bonds is 2. The van der Waals surface area contributed by atoms with Crippen LogP contribution in [0.25, 0.3) is 0 Å². The SMILES string of the molecule is Cc1cccc(N)c1NC(=O)c1ccc(Cl)cc1Br. The molecule has 98 valence electrons. The summed E-state index contributed by atoms with van der Waals surface area (Å²) in [5, 5.41) is 3.39. The summed E-state index contributed by atoms with van der Waals surface area (Å²) >= 11 is 9.17. The highest BCUT2D eigenvalue weighted by molar-refractivity contribution is 9.10. The molecule has 0 fully saturated rings. The summed E-state index contributed by atoms with van der Waals surface area (Å²) in [5.74, 6) is -0.232. The van der Waals surface area contributed by atoms with Crippen LogP contribution in [0.3, 0.4) is 0 Å². The van der Waals surface area contributed by atoms with Crippen molar-refractivity contribution in [2.24, 2.45) is 0 Å². The number of nitrogens with one attached hydrogen (secondary N) is 1. The summed E-state index contributed by atoms with van der Waals surface area (Å²) in [4.78, 5) is 12.2. The number of hydrogen-bond donors (Lipinski definition) is 2. The lowest BCUT2D eigenvalue weighted by molar-refractivity contribution is 0.102. The first-order valence-corrected chi connectivity index (χ1v) is 6.77. The zero-order chi connectivity index (χ0) is 14.0. The minimum Gasteiger partial charge on any atom is -0.397 e. The van der Waals surface area contributed by atoms with E-state index in [2.05, 4.69) is 21.2 Å². The summed E-state index contributed by atoms with van der Waals surface area (Å²) in [7, 11) is 0. The predicted octanol–water partition coefficient (Wildman–Crippen LogP) is 4.25. The van der Waals surface area contributed by atoms with Crippen molar-refractivity contribution in [3.05, 3.63) is 57.0 Å². The monoisotopic (exact) mass is 338 g/mol.